The lowest BCUT2D eigenvalue weighted by Crippen LogP contribution is -2.45. The summed E-state index contributed by atoms with van der Waals surface area (Å²) in [7, 11) is 0. The average molecular weight is 348 g/mol. The van der Waals surface area contributed by atoms with Crippen LogP contribution >= 0.6 is 0 Å². The van der Waals surface area contributed by atoms with E-state index in [1.54, 1.807) is 0 Å². The molecule has 0 amide bonds. The maximum Gasteiger partial charge on any atom is 0.182 e. The summed E-state index contributed by atoms with van der Waals surface area (Å²) in [5, 5.41) is 0. The van der Waals surface area contributed by atoms with Gasteiger partial charge in [-0.05, 0) is 49.0 Å². The van der Waals surface area contributed by atoms with Crippen LogP contribution in [0.5, 0.6) is 0 Å². The Morgan fingerprint density at radius 3 is 1.31 bits per heavy atom. The topological polar surface area (TPSA) is 40.6 Å². The summed E-state index contributed by atoms with van der Waals surface area (Å²) in [6, 6.07) is 8.21. The van der Waals surface area contributed by atoms with Crippen LogP contribution in [0.15, 0.2) is 35.7 Å². The van der Waals surface area contributed by atoms with Crippen molar-refractivity contribution in [2.45, 2.75) is 25.7 Å². The van der Waals surface area contributed by atoms with E-state index in [2.05, 4.69) is 34.1 Å². The molecule has 0 radical (unpaired) electrons. The molecule has 0 unspecified atom stereocenters. The fraction of sp³-hybridized carbons (Fsp3) is 0.455. The van der Waals surface area contributed by atoms with Crippen LogP contribution in [0, 0.1) is 11.8 Å². The molecule has 6 aliphatic rings. The number of hydrogen-bond acceptors (Lipinski definition) is 4. The zero-order chi connectivity index (χ0) is 17.7. The minimum Gasteiger partial charge on any atom is -0.369 e. The molecule has 1 aromatic rings. The predicted octanol–water partition coefficient (Wildman–Crippen LogP) is 2.96. The van der Waals surface area contributed by atoms with E-state index >= 15 is 0 Å². The van der Waals surface area contributed by atoms with E-state index in [1.807, 2.05) is 12.2 Å². The van der Waals surface area contributed by atoms with Crippen molar-refractivity contribution in [3.8, 4) is 0 Å². The lowest BCUT2D eigenvalue weighted by Gasteiger charge is -2.41. The molecule has 1 aromatic carbocycles. The summed E-state index contributed by atoms with van der Waals surface area (Å²) >= 11 is 0. The second kappa shape index (κ2) is 6.11. The van der Waals surface area contributed by atoms with Crippen molar-refractivity contribution < 1.29 is 9.59 Å². The largest absolute Gasteiger partial charge is 0.369 e. The molecular formula is C22H24N2O2. The van der Waals surface area contributed by atoms with Gasteiger partial charge in [0, 0.05) is 38.0 Å². The molecule has 7 rings (SSSR count). The van der Waals surface area contributed by atoms with E-state index in [4.69, 9.17) is 0 Å². The highest BCUT2D eigenvalue weighted by Crippen LogP contribution is 2.33. The van der Waals surface area contributed by atoms with Crippen LogP contribution < -0.4 is 0 Å². The fourth-order valence-electron chi connectivity index (χ4n) is 4.82. The maximum atomic E-state index is 12.5. The quantitative estimate of drug-likeness (QED) is 0.771. The number of carbonyl (C=O) groups excluding carboxylic acids is 2. The molecule has 6 fully saturated rings. The van der Waals surface area contributed by atoms with Gasteiger partial charge in [-0.25, -0.2) is 0 Å². The highest BCUT2D eigenvalue weighted by molar-refractivity contribution is 6.02. The van der Waals surface area contributed by atoms with Gasteiger partial charge < -0.3 is 9.80 Å². The third-order valence-electron chi connectivity index (χ3n) is 6.46. The lowest BCUT2D eigenvalue weighted by molar-refractivity contribution is -0.126. The molecule has 26 heavy (non-hydrogen) atoms. The SMILES string of the molecule is O=C1C(=Cc2ccc(C=C3C(=O)C4CCN3CC4)cc2)N2CCC1CC2. The standard InChI is InChI=1S/C22H24N2O2/c25-21-17-5-9-23(10-6-17)19(21)13-15-1-2-16(4-3-15)14-20-22(26)18-7-11-24(20)12-8-18/h1-4,13-14,17-18H,5-12H2. The van der Waals surface area contributed by atoms with Crippen LogP contribution in [-0.4, -0.2) is 47.5 Å². The Labute approximate surface area is 154 Å². The highest BCUT2D eigenvalue weighted by atomic mass is 16.1. The van der Waals surface area contributed by atoms with Crippen molar-refractivity contribution in [3.05, 3.63) is 46.8 Å². The van der Waals surface area contributed by atoms with Gasteiger partial charge in [0.1, 0.15) is 0 Å². The van der Waals surface area contributed by atoms with Gasteiger partial charge in [-0.1, -0.05) is 24.3 Å². The van der Waals surface area contributed by atoms with Crippen molar-refractivity contribution in [3.63, 3.8) is 0 Å². The number of piperidine rings is 6. The third kappa shape index (κ3) is 2.59. The smallest absolute Gasteiger partial charge is 0.182 e. The lowest BCUT2D eigenvalue weighted by atomic mass is 9.84. The monoisotopic (exact) mass is 348 g/mol. The van der Waals surface area contributed by atoms with Crippen LogP contribution in [-0.2, 0) is 9.59 Å². The molecular weight excluding hydrogens is 324 g/mol. The number of carbonyl (C=O) groups is 2. The van der Waals surface area contributed by atoms with Crippen LogP contribution in [0.4, 0.5) is 0 Å². The summed E-state index contributed by atoms with van der Waals surface area (Å²) in [5.74, 6) is 1.09. The second-order valence-corrected chi connectivity index (χ2v) is 7.98. The summed E-state index contributed by atoms with van der Waals surface area (Å²) in [5.41, 5.74) is 3.87. The summed E-state index contributed by atoms with van der Waals surface area (Å²) < 4.78 is 0. The van der Waals surface area contributed by atoms with Gasteiger partial charge >= 0.3 is 0 Å². The number of rotatable bonds is 2. The average Bonchev–Trinajstić information content (AvgIpc) is 2.69. The van der Waals surface area contributed by atoms with Crippen molar-refractivity contribution in [2.75, 3.05) is 26.2 Å². The second-order valence-electron chi connectivity index (χ2n) is 7.98. The molecule has 6 saturated heterocycles. The molecule has 4 nitrogen and oxygen atoms in total. The summed E-state index contributed by atoms with van der Waals surface area (Å²) in [6.45, 7) is 4.02. The number of Topliss-reactive ketones (excluding diaryl/α,β-unsaturated/α-hetero) is 2. The third-order valence-corrected chi connectivity index (χ3v) is 6.46. The summed E-state index contributed by atoms with van der Waals surface area (Å²) in [4.78, 5) is 29.4. The van der Waals surface area contributed by atoms with Gasteiger partial charge in [-0.15, -0.1) is 0 Å². The molecule has 0 N–H and O–H groups in total. The fourth-order valence-corrected chi connectivity index (χ4v) is 4.82. The molecule has 6 heterocycles. The van der Waals surface area contributed by atoms with E-state index in [0.29, 0.717) is 11.6 Å². The van der Waals surface area contributed by atoms with Crippen LogP contribution in [0.3, 0.4) is 0 Å². The Hall–Kier alpha value is -2.36. The Bertz CT molecular complexity index is 736. The Balaban J connectivity index is 1.38. The van der Waals surface area contributed by atoms with Crippen LogP contribution in [0.2, 0.25) is 0 Å². The number of fused-ring (bicyclic) bond motifs is 6. The van der Waals surface area contributed by atoms with Gasteiger partial charge in [-0.2, -0.15) is 0 Å². The van der Waals surface area contributed by atoms with Gasteiger partial charge in [0.2, 0.25) is 0 Å². The molecule has 4 heteroatoms. The maximum absolute atomic E-state index is 12.5. The van der Waals surface area contributed by atoms with Gasteiger partial charge in [-0.3, -0.25) is 9.59 Å². The Kier molecular flexibility index (Phi) is 3.73. The first-order chi connectivity index (χ1) is 12.7. The normalized spacial score (nSPS) is 26.6. The van der Waals surface area contributed by atoms with Gasteiger partial charge in [0.05, 0.1) is 11.4 Å². The number of nitrogens with zero attached hydrogens (tertiary/aromatic N) is 2. The van der Waals surface area contributed by atoms with Crippen molar-refractivity contribution in [1.29, 1.82) is 0 Å². The molecule has 4 bridgehead atoms. The number of hydrogen-bond donors (Lipinski definition) is 0. The number of allylic oxidation sites excluding steroid dienone is 2. The van der Waals surface area contributed by atoms with E-state index in [1.165, 1.54) is 0 Å². The molecule has 6 aliphatic heterocycles. The van der Waals surface area contributed by atoms with Gasteiger partial charge in [0.15, 0.2) is 11.6 Å². The van der Waals surface area contributed by atoms with Crippen molar-refractivity contribution in [1.82, 2.24) is 9.80 Å². The molecule has 0 aromatic heterocycles. The van der Waals surface area contributed by atoms with E-state index < -0.39 is 0 Å². The molecule has 134 valence electrons. The predicted molar refractivity (Wildman–Crippen MR) is 101 cm³/mol. The Morgan fingerprint density at radius 2 is 1.00 bits per heavy atom. The van der Waals surface area contributed by atoms with E-state index in [0.717, 1.165) is 74.4 Å². The minimum atomic E-state index is 0.233. The molecule has 0 aliphatic carbocycles. The zero-order valence-corrected chi connectivity index (χ0v) is 15.0. The Morgan fingerprint density at radius 1 is 0.654 bits per heavy atom. The summed E-state index contributed by atoms with van der Waals surface area (Å²) in [6.07, 6.45) is 8.09. The molecule has 0 spiro atoms. The first-order valence-electron chi connectivity index (χ1n) is 9.81. The van der Waals surface area contributed by atoms with Crippen molar-refractivity contribution >= 4 is 23.7 Å². The van der Waals surface area contributed by atoms with Crippen LogP contribution in [0.25, 0.3) is 12.2 Å². The van der Waals surface area contributed by atoms with Gasteiger partial charge in [0.25, 0.3) is 0 Å². The first-order valence-corrected chi connectivity index (χ1v) is 9.81. The van der Waals surface area contributed by atoms with E-state index in [-0.39, 0.29) is 11.8 Å². The minimum absolute atomic E-state index is 0.233. The van der Waals surface area contributed by atoms with E-state index in [9.17, 15) is 9.59 Å². The van der Waals surface area contributed by atoms with Crippen molar-refractivity contribution in [2.24, 2.45) is 11.8 Å². The number of ketones is 2. The first kappa shape index (κ1) is 15.9. The molecule has 0 saturated carbocycles. The van der Waals surface area contributed by atoms with Crippen LogP contribution in [0.1, 0.15) is 36.8 Å². The zero-order valence-electron chi connectivity index (χ0n) is 15.0. The highest BCUT2D eigenvalue weighted by Gasteiger charge is 2.37. The molecule has 0 atom stereocenters. The number of benzene rings is 1.